The van der Waals surface area contributed by atoms with Crippen LogP contribution in [0.5, 0.6) is 5.75 Å². The van der Waals surface area contributed by atoms with Crippen molar-refractivity contribution >= 4 is 11.5 Å². The minimum atomic E-state index is -0.476. The normalized spacial score (nSPS) is 10.5. The second-order valence-electron chi connectivity index (χ2n) is 5.39. The number of nitrogens with zero attached hydrogens (tertiary/aromatic N) is 3. The number of benzene rings is 2. The van der Waals surface area contributed by atoms with Crippen LogP contribution in [0.25, 0.3) is 11.5 Å². The van der Waals surface area contributed by atoms with Gasteiger partial charge in [0, 0.05) is 29.7 Å². The van der Waals surface area contributed by atoms with Crippen molar-refractivity contribution in [3.05, 3.63) is 70.1 Å². The van der Waals surface area contributed by atoms with Crippen LogP contribution in [0.15, 0.2) is 52.9 Å². The molecule has 8 nitrogen and oxygen atoms in total. The molecule has 0 saturated heterocycles. The van der Waals surface area contributed by atoms with Gasteiger partial charge in [-0.2, -0.15) is 0 Å². The molecule has 0 N–H and O–H groups in total. The lowest BCUT2D eigenvalue weighted by Crippen LogP contribution is -1.98. The Morgan fingerprint density at radius 2 is 1.81 bits per heavy atom. The summed E-state index contributed by atoms with van der Waals surface area (Å²) < 4.78 is 11.1. The van der Waals surface area contributed by atoms with E-state index in [9.17, 15) is 14.9 Å². The van der Waals surface area contributed by atoms with Crippen molar-refractivity contribution in [3.63, 3.8) is 0 Å². The van der Waals surface area contributed by atoms with E-state index in [2.05, 4.69) is 10.2 Å². The molecule has 1 heterocycles. The maximum atomic E-state index is 11.6. The number of ketones is 1. The molecule has 0 atom stereocenters. The second-order valence-corrected chi connectivity index (χ2v) is 5.39. The van der Waals surface area contributed by atoms with E-state index in [4.69, 9.17) is 9.15 Å². The van der Waals surface area contributed by atoms with Crippen molar-refractivity contribution in [1.29, 1.82) is 0 Å². The first kappa shape index (κ1) is 17.3. The van der Waals surface area contributed by atoms with E-state index in [-0.39, 0.29) is 29.9 Å². The van der Waals surface area contributed by atoms with Gasteiger partial charge in [-0.1, -0.05) is 6.92 Å². The zero-order valence-electron chi connectivity index (χ0n) is 13.9. The molecule has 26 heavy (non-hydrogen) atoms. The van der Waals surface area contributed by atoms with Gasteiger partial charge in [0.2, 0.25) is 5.89 Å². The first-order valence-electron chi connectivity index (χ1n) is 7.90. The van der Waals surface area contributed by atoms with E-state index in [0.717, 1.165) is 0 Å². The fourth-order valence-electron chi connectivity index (χ4n) is 2.24. The number of hydrogen-bond acceptors (Lipinski definition) is 7. The molecule has 2 aromatic carbocycles. The topological polar surface area (TPSA) is 108 Å². The number of Topliss-reactive ketones (excluding diaryl/α,β-unsaturated/α-hetero) is 1. The van der Waals surface area contributed by atoms with Gasteiger partial charge in [0.15, 0.2) is 12.4 Å². The van der Waals surface area contributed by atoms with Crippen LogP contribution < -0.4 is 4.74 Å². The van der Waals surface area contributed by atoms with Crippen molar-refractivity contribution in [2.75, 3.05) is 0 Å². The van der Waals surface area contributed by atoms with Crippen LogP contribution in [0, 0.1) is 10.1 Å². The molecular weight excluding hydrogens is 338 g/mol. The molecule has 0 aliphatic heterocycles. The molecule has 132 valence electrons. The van der Waals surface area contributed by atoms with Gasteiger partial charge in [0.25, 0.3) is 11.6 Å². The van der Waals surface area contributed by atoms with Gasteiger partial charge in [-0.3, -0.25) is 14.9 Å². The summed E-state index contributed by atoms with van der Waals surface area (Å²) in [5.41, 5.74) is 1.21. The van der Waals surface area contributed by atoms with Crippen LogP contribution >= 0.6 is 0 Å². The number of nitro groups is 1. The monoisotopic (exact) mass is 353 g/mol. The zero-order valence-corrected chi connectivity index (χ0v) is 13.9. The highest BCUT2D eigenvalue weighted by atomic mass is 16.6. The Morgan fingerprint density at radius 1 is 1.12 bits per heavy atom. The number of carbonyl (C=O) groups excluding carboxylic acids is 1. The van der Waals surface area contributed by atoms with Gasteiger partial charge < -0.3 is 9.15 Å². The second kappa shape index (κ2) is 7.56. The molecule has 0 bridgehead atoms. The first-order chi connectivity index (χ1) is 12.6. The van der Waals surface area contributed by atoms with Gasteiger partial charge in [-0.25, -0.2) is 0 Å². The third-order valence-corrected chi connectivity index (χ3v) is 3.65. The van der Waals surface area contributed by atoms with Crippen LogP contribution in [-0.2, 0) is 6.61 Å². The first-order valence-corrected chi connectivity index (χ1v) is 7.90. The van der Waals surface area contributed by atoms with Crippen LogP contribution in [0.3, 0.4) is 0 Å². The van der Waals surface area contributed by atoms with Gasteiger partial charge in [0.1, 0.15) is 5.75 Å². The average Bonchev–Trinajstić information content (AvgIpc) is 3.15. The Morgan fingerprint density at radius 3 is 2.42 bits per heavy atom. The minimum Gasteiger partial charge on any atom is -0.484 e. The SMILES string of the molecule is CCC(=O)c1ccc(OCc2nnc(-c3ccc([N+](=O)[O-])cc3)o2)cc1. The van der Waals surface area contributed by atoms with Crippen molar-refractivity contribution in [2.24, 2.45) is 0 Å². The summed E-state index contributed by atoms with van der Waals surface area (Å²) in [6.45, 7) is 1.88. The minimum absolute atomic E-state index is 0.0122. The van der Waals surface area contributed by atoms with Crippen LogP contribution in [-0.4, -0.2) is 20.9 Å². The smallest absolute Gasteiger partial charge is 0.269 e. The summed E-state index contributed by atoms with van der Waals surface area (Å²) in [4.78, 5) is 21.8. The molecular formula is C18H15N3O5. The number of ether oxygens (including phenoxy) is 1. The number of carbonyl (C=O) groups is 1. The third-order valence-electron chi connectivity index (χ3n) is 3.65. The molecule has 0 unspecified atom stereocenters. The molecule has 8 heteroatoms. The van der Waals surface area contributed by atoms with Crippen LogP contribution in [0.1, 0.15) is 29.6 Å². The van der Waals surface area contributed by atoms with Gasteiger partial charge in [-0.15, -0.1) is 10.2 Å². The summed E-state index contributed by atoms with van der Waals surface area (Å²) in [6.07, 6.45) is 0.452. The lowest BCUT2D eigenvalue weighted by molar-refractivity contribution is -0.384. The number of aromatic nitrogens is 2. The Kier molecular flexibility index (Phi) is 5.02. The van der Waals surface area contributed by atoms with E-state index in [1.165, 1.54) is 12.1 Å². The quantitative estimate of drug-likeness (QED) is 0.361. The number of non-ortho nitro benzene ring substituents is 1. The lowest BCUT2D eigenvalue weighted by Gasteiger charge is -2.04. The van der Waals surface area contributed by atoms with E-state index < -0.39 is 4.92 Å². The van der Waals surface area contributed by atoms with Crippen molar-refractivity contribution in [1.82, 2.24) is 10.2 Å². The molecule has 0 amide bonds. The van der Waals surface area contributed by atoms with Crippen molar-refractivity contribution in [2.45, 2.75) is 20.0 Å². The Bertz CT molecular complexity index is 917. The van der Waals surface area contributed by atoms with E-state index in [1.54, 1.807) is 36.4 Å². The van der Waals surface area contributed by atoms with E-state index in [1.807, 2.05) is 6.92 Å². The van der Waals surface area contributed by atoms with E-state index >= 15 is 0 Å². The summed E-state index contributed by atoms with van der Waals surface area (Å²) in [5, 5.41) is 18.5. The number of nitro benzene ring substituents is 1. The maximum Gasteiger partial charge on any atom is 0.269 e. The van der Waals surface area contributed by atoms with Gasteiger partial charge in [-0.05, 0) is 36.4 Å². The zero-order chi connectivity index (χ0) is 18.5. The largest absolute Gasteiger partial charge is 0.484 e. The standard InChI is InChI=1S/C18H15N3O5/c1-2-16(22)12-5-9-15(10-6-12)25-11-17-19-20-18(26-17)13-3-7-14(8-4-13)21(23)24/h3-10H,2,11H2,1H3. The van der Waals surface area contributed by atoms with E-state index in [0.29, 0.717) is 23.3 Å². The van der Waals surface area contributed by atoms with Crippen molar-refractivity contribution in [3.8, 4) is 17.2 Å². The highest BCUT2D eigenvalue weighted by Crippen LogP contribution is 2.22. The Balaban J connectivity index is 1.63. The third kappa shape index (κ3) is 3.92. The van der Waals surface area contributed by atoms with Gasteiger partial charge >= 0.3 is 0 Å². The highest BCUT2D eigenvalue weighted by Gasteiger charge is 2.11. The Labute approximate surface area is 148 Å². The molecule has 1 aromatic heterocycles. The summed E-state index contributed by atoms with van der Waals surface area (Å²) in [5.74, 6) is 1.17. The highest BCUT2D eigenvalue weighted by molar-refractivity contribution is 5.95. The molecule has 0 spiro atoms. The summed E-state index contributed by atoms with van der Waals surface area (Å²) in [6, 6.07) is 12.6. The van der Waals surface area contributed by atoms with Gasteiger partial charge in [0.05, 0.1) is 4.92 Å². The lowest BCUT2D eigenvalue weighted by atomic mass is 10.1. The van der Waals surface area contributed by atoms with Crippen LogP contribution in [0.4, 0.5) is 5.69 Å². The summed E-state index contributed by atoms with van der Waals surface area (Å²) >= 11 is 0. The molecule has 0 aliphatic carbocycles. The van der Waals surface area contributed by atoms with Crippen LogP contribution in [0.2, 0.25) is 0 Å². The fraction of sp³-hybridized carbons (Fsp3) is 0.167. The Hall–Kier alpha value is -3.55. The fourth-order valence-corrected chi connectivity index (χ4v) is 2.24. The predicted octanol–water partition coefficient (Wildman–Crippen LogP) is 3.82. The maximum absolute atomic E-state index is 11.6. The molecule has 0 fully saturated rings. The molecule has 0 saturated carbocycles. The molecule has 3 aromatic rings. The molecule has 0 radical (unpaired) electrons. The van der Waals surface area contributed by atoms with Crippen molar-refractivity contribution < 1.29 is 18.9 Å². The number of hydrogen-bond donors (Lipinski definition) is 0. The molecule has 0 aliphatic rings. The average molecular weight is 353 g/mol. The predicted molar refractivity (Wildman–Crippen MR) is 91.8 cm³/mol. The molecule has 3 rings (SSSR count). The number of rotatable bonds is 7. The summed E-state index contributed by atoms with van der Waals surface area (Å²) in [7, 11) is 0.